The van der Waals surface area contributed by atoms with E-state index in [1.165, 1.54) is 0 Å². The van der Waals surface area contributed by atoms with Crippen LogP contribution < -0.4 is 10.6 Å². The predicted molar refractivity (Wildman–Crippen MR) is 86.8 cm³/mol. The molecule has 0 bridgehead atoms. The summed E-state index contributed by atoms with van der Waals surface area (Å²) in [7, 11) is 0. The summed E-state index contributed by atoms with van der Waals surface area (Å²) < 4.78 is 9.98. The van der Waals surface area contributed by atoms with Gasteiger partial charge in [0.15, 0.2) is 0 Å². The minimum atomic E-state index is -0.707. The van der Waals surface area contributed by atoms with Gasteiger partial charge < -0.3 is 20.1 Å². The van der Waals surface area contributed by atoms with Crippen molar-refractivity contribution in [1.82, 2.24) is 10.6 Å². The minimum Gasteiger partial charge on any atom is -0.464 e. The van der Waals surface area contributed by atoms with Crippen LogP contribution in [-0.2, 0) is 19.1 Å². The number of nitrogens with one attached hydrogen (secondary N) is 2. The molecule has 0 spiro atoms. The molecule has 0 fully saturated rings. The van der Waals surface area contributed by atoms with E-state index >= 15 is 0 Å². The first-order valence-electron chi connectivity index (χ1n) is 7.73. The summed E-state index contributed by atoms with van der Waals surface area (Å²) >= 11 is 0. The van der Waals surface area contributed by atoms with Crippen LogP contribution in [0.3, 0.4) is 0 Å². The molecule has 1 atom stereocenters. The summed E-state index contributed by atoms with van der Waals surface area (Å²) in [6, 6.07) is -0.707. The van der Waals surface area contributed by atoms with Gasteiger partial charge in [0.05, 0.1) is 6.61 Å². The predicted octanol–water partition coefficient (Wildman–Crippen LogP) is 1.92. The van der Waals surface area contributed by atoms with Crippen LogP contribution >= 0.6 is 0 Å². The SMILES string of the molecule is C=CCCC(NC(=O)CCNC(=O)OC(C)(C)C)C(=O)OCC. The van der Waals surface area contributed by atoms with E-state index in [0.717, 1.165) is 0 Å². The van der Waals surface area contributed by atoms with Gasteiger partial charge >= 0.3 is 12.1 Å². The van der Waals surface area contributed by atoms with E-state index in [4.69, 9.17) is 9.47 Å². The van der Waals surface area contributed by atoms with Crippen molar-refractivity contribution in [2.24, 2.45) is 0 Å². The van der Waals surface area contributed by atoms with Crippen molar-refractivity contribution in [3.8, 4) is 0 Å². The van der Waals surface area contributed by atoms with Crippen LogP contribution in [0.25, 0.3) is 0 Å². The first-order chi connectivity index (χ1) is 10.7. The van der Waals surface area contributed by atoms with Crippen LogP contribution in [0.5, 0.6) is 0 Å². The molecule has 0 saturated heterocycles. The Morgan fingerprint density at radius 2 is 1.91 bits per heavy atom. The second-order valence-electron chi connectivity index (χ2n) is 5.92. The molecule has 0 radical (unpaired) electrons. The Hall–Kier alpha value is -2.05. The highest BCUT2D eigenvalue weighted by Crippen LogP contribution is 2.06. The third-order valence-corrected chi connectivity index (χ3v) is 2.59. The van der Waals surface area contributed by atoms with Crippen LogP contribution in [-0.4, -0.2) is 42.8 Å². The average molecular weight is 328 g/mol. The molecule has 0 aliphatic heterocycles. The van der Waals surface area contributed by atoms with Gasteiger partial charge in [0, 0.05) is 13.0 Å². The van der Waals surface area contributed by atoms with E-state index in [-0.39, 0.29) is 25.5 Å². The van der Waals surface area contributed by atoms with Crippen molar-refractivity contribution in [3.05, 3.63) is 12.7 Å². The first-order valence-corrected chi connectivity index (χ1v) is 7.73. The van der Waals surface area contributed by atoms with Crippen LogP contribution in [0.15, 0.2) is 12.7 Å². The van der Waals surface area contributed by atoms with Crippen molar-refractivity contribution < 1.29 is 23.9 Å². The van der Waals surface area contributed by atoms with Crippen molar-refractivity contribution in [2.45, 2.75) is 58.6 Å². The molecule has 2 N–H and O–H groups in total. The van der Waals surface area contributed by atoms with Crippen LogP contribution in [0.2, 0.25) is 0 Å². The molecular weight excluding hydrogens is 300 g/mol. The zero-order valence-electron chi connectivity index (χ0n) is 14.4. The Labute approximate surface area is 137 Å². The lowest BCUT2D eigenvalue weighted by molar-refractivity contribution is -0.147. The lowest BCUT2D eigenvalue weighted by Gasteiger charge is -2.20. The zero-order valence-corrected chi connectivity index (χ0v) is 14.4. The van der Waals surface area contributed by atoms with E-state index in [2.05, 4.69) is 17.2 Å². The van der Waals surface area contributed by atoms with Gasteiger partial charge in [-0.2, -0.15) is 0 Å². The summed E-state index contributed by atoms with van der Waals surface area (Å²) in [4.78, 5) is 35.1. The molecule has 0 aromatic heterocycles. The van der Waals surface area contributed by atoms with Gasteiger partial charge in [0.2, 0.25) is 5.91 Å². The number of allylic oxidation sites excluding steroid dienone is 1. The molecule has 2 amide bonds. The van der Waals surface area contributed by atoms with E-state index in [1.807, 2.05) is 0 Å². The monoisotopic (exact) mass is 328 g/mol. The van der Waals surface area contributed by atoms with E-state index in [0.29, 0.717) is 12.8 Å². The quantitative estimate of drug-likeness (QED) is 0.498. The number of hydrogen-bond donors (Lipinski definition) is 2. The number of rotatable bonds is 9. The summed E-state index contributed by atoms with van der Waals surface area (Å²) in [5, 5.41) is 5.09. The normalized spacial score (nSPS) is 12.0. The molecule has 0 rings (SSSR count). The third kappa shape index (κ3) is 11.2. The molecular formula is C16H28N2O5. The summed E-state index contributed by atoms with van der Waals surface area (Å²) in [5.74, 6) is -0.814. The Balaban J connectivity index is 4.23. The Bertz CT molecular complexity index is 415. The molecule has 0 aliphatic carbocycles. The number of carbonyl (C=O) groups excluding carboxylic acids is 3. The van der Waals surface area contributed by atoms with Crippen molar-refractivity contribution in [2.75, 3.05) is 13.2 Å². The van der Waals surface area contributed by atoms with Crippen LogP contribution in [0, 0.1) is 0 Å². The fourth-order valence-corrected chi connectivity index (χ4v) is 1.64. The fraction of sp³-hybridized carbons (Fsp3) is 0.688. The highest BCUT2D eigenvalue weighted by Gasteiger charge is 2.21. The smallest absolute Gasteiger partial charge is 0.407 e. The largest absolute Gasteiger partial charge is 0.464 e. The van der Waals surface area contributed by atoms with E-state index in [1.54, 1.807) is 33.8 Å². The molecule has 0 aromatic carbocycles. The zero-order chi connectivity index (χ0) is 17.9. The maximum absolute atomic E-state index is 11.9. The Morgan fingerprint density at radius 1 is 1.26 bits per heavy atom. The van der Waals surface area contributed by atoms with Gasteiger partial charge in [-0.1, -0.05) is 6.08 Å². The van der Waals surface area contributed by atoms with Gasteiger partial charge in [0.25, 0.3) is 0 Å². The van der Waals surface area contributed by atoms with Crippen LogP contribution in [0.4, 0.5) is 4.79 Å². The molecule has 0 aromatic rings. The van der Waals surface area contributed by atoms with Crippen molar-refractivity contribution in [1.29, 1.82) is 0 Å². The van der Waals surface area contributed by atoms with Gasteiger partial charge in [-0.05, 0) is 40.5 Å². The molecule has 7 nitrogen and oxygen atoms in total. The highest BCUT2D eigenvalue weighted by atomic mass is 16.6. The van der Waals surface area contributed by atoms with Crippen molar-refractivity contribution >= 4 is 18.0 Å². The first kappa shape index (κ1) is 20.9. The van der Waals surface area contributed by atoms with E-state index in [9.17, 15) is 14.4 Å². The number of ether oxygens (including phenoxy) is 2. The molecule has 0 heterocycles. The fourth-order valence-electron chi connectivity index (χ4n) is 1.64. The standard InChI is InChI=1S/C16H28N2O5/c1-6-8-9-12(14(20)22-7-2)18-13(19)10-11-17-15(21)23-16(3,4)5/h6,12H,1,7-11H2,2-5H3,(H,17,21)(H,18,19). The van der Waals surface area contributed by atoms with Crippen LogP contribution in [0.1, 0.15) is 47.0 Å². The number of hydrogen-bond acceptors (Lipinski definition) is 5. The van der Waals surface area contributed by atoms with Gasteiger partial charge in [0.1, 0.15) is 11.6 Å². The van der Waals surface area contributed by atoms with Gasteiger partial charge in [-0.3, -0.25) is 4.79 Å². The lowest BCUT2D eigenvalue weighted by atomic mass is 10.1. The number of carbonyl (C=O) groups is 3. The molecule has 0 saturated carbocycles. The molecule has 0 aliphatic rings. The summed E-state index contributed by atoms with van der Waals surface area (Å²) in [6.45, 7) is 10.9. The molecule has 23 heavy (non-hydrogen) atoms. The van der Waals surface area contributed by atoms with Gasteiger partial charge in [-0.15, -0.1) is 6.58 Å². The second kappa shape index (κ2) is 10.6. The van der Waals surface area contributed by atoms with Crippen molar-refractivity contribution in [3.63, 3.8) is 0 Å². The Kier molecular flexibility index (Phi) is 9.69. The maximum Gasteiger partial charge on any atom is 0.407 e. The molecule has 7 heteroatoms. The number of esters is 1. The van der Waals surface area contributed by atoms with E-state index < -0.39 is 23.7 Å². The highest BCUT2D eigenvalue weighted by molar-refractivity contribution is 5.84. The molecule has 132 valence electrons. The number of amides is 2. The third-order valence-electron chi connectivity index (χ3n) is 2.59. The second-order valence-corrected chi connectivity index (χ2v) is 5.92. The number of alkyl carbamates (subject to hydrolysis) is 1. The summed E-state index contributed by atoms with van der Waals surface area (Å²) in [5.41, 5.74) is -0.591. The average Bonchev–Trinajstić information content (AvgIpc) is 2.41. The molecule has 1 unspecified atom stereocenters. The summed E-state index contributed by atoms with van der Waals surface area (Å²) in [6.07, 6.45) is 2.14. The lowest BCUT2D eigenvalue weighted by Crippen LogP contribution is -2.43. The Morgan fingerprint density at radius 3 is 2.43 bits per heavy atom. The minimum absolute atomic E-state index is 0.0449. The van der Waals surface area contributed by atoms with Gasteiger partial charge in [-0.25, -0.2) is 9.59 Å². The maximum atomic E-state index is 11.9. The topological polar surface area (TPSA) is 93.7 Å².